The van der Waals surface area contributed by atoms with Gasteiger partial charge in [-0.1, -0.05) is 24.3 Å². The summed E-state index contributed by atoms with van der Waals surface area (Å²) in [5.74, 6) is -0.365. The van der Waals surface area contributed by atoms with Crippen LogP contribution in [-0.2, 0) is 4.79 Å². The molecule has 2 rings (SSSR count). The van der Waals surface area contributed by atoms with Crippen molar-refractivity contribution in [2.45, 2.75) is 6.92 Å². The lowest BCUT2D eigenvalue weighted by molar-refractivity contribution is -0.112. The fourth-order valence-corrected chi connectivity index (χ4v) is 1.80. The van der Waals surface area contributed by atoms with E-state index in [9.17, 15) is 9.90 Å². The van der Waals surface area contributed by atoms with E-state index in [-0.39, 0.29) is 11.3 Å². The van der Waals surface area contributed by atoms with Crippen molar-refractivity contribution in [1.82, 2.24) is 0 Å². The Bertz CT molecular complexity index is 725. The van der Waals surface area contributed by atoms with E-state index in [1.807, 2.05) is 37.3 Å². The molecule has 0 spiro atoms. The highest BCUT2D eigenvalue weighted by Gasteiger charge is 2.10. The third kappa shape index (κ3) is 3.71. The molecule has 0 saturated heterocycles. The molecule has 0 aromatic heterocycles. The number of benzene rings is 2. The van der Waals surface area contributed by atoms with Crippen LogP contribution in [0.4, 0.5) is 5.69 Å². The molecular weight excluding hydrogens is 264 g/mol. The van der Waals surface area contributed by atoms with Crippen molar-refractivity contribution in [3.05, 3.63) is 65.2 Å². The molecule has 0 aliphatic rings. The van der Waals surface area contributed by atoms with E-state index in [0.717, 1.165) is 11.1 Å². The van der Waals surface area contributed by atoms with E-state index in [2.05, 4.69) is 5.32 Å². The molecule has 0 atom stereocenters. The number of anilines is 1. The van der Waals surface area contributed by atoms with Crippen molar-refractivity contribution >= 4 is 17.7 Å². The van der Waals surface area contributed by atoms with E-state index in [1.54, 1.807) is 18.2 Å². The Morgan fingerprint density at radius 2 is 1.86 bits per heavy atom. The summed E-state index contributed by atoms with van der Waals surface area (Å²) in [5, 5.41) is 21.0. The standard InChI is InChI=1S/C17H14N2O2/c1-12-4-2-3-5-13(12)10-14(11-18)17(21)19-15-6-8-16(20)9-7-15/h2-10,20H,1H3,(H,19,21)/b14-10-. The first-order chi connectivity index (χ1) is 10.1. The summed E-state index contributed by atoms with van der Waals surface area (Å²) in [6, 6.07) is 15.5. The second-order valence-electron chi connectivity index (χ2n) is 4.53. The average molecular weight is 278 g/mol. The Hall–Kier alpha value is -3.06. The van der Waals surface area contributed by atoms with Gasteiger partial charge in [0.05, 0.1) is 0 Å². The van der Waals surface area contributed by atoms with Gasteiger partial charge < -0.3 is 10.4 Å². The second-order valence-corrected chi connectivity index (χ2v) is 4.53. The van der Waals surface area contributed by atoms with Crippen molar-refractivity contribution in [2.24, 2.45) is 0 Å². The number of hydrogen-bond donors (Lipinski definition) is 2. The number of aryl methyl sites for hydroxylation is 1. The van der Waals surface area contributed by atoms with Crippen molar-refractivity contribution < 1.29 is 9.90 Å². The molecule has 0 saturated carbocycles. The molecule has 0 bridgehead atoms. The van der Waals surface area contributed by atoms with Crippen molar-refractivity contribution in [1.29, 1.82) is 5.26 Å². The summed E-state index contributed by atoms with van der Waals surface area (Å²) in [6.07, 6.45) is 1.56. The minimum absolute atomic E-state index is 0.0253. The predicted molar refractivity (Wildman–Crippen MR) is 81.5 cm³/mol. The maximum absolute atomic E-state index is 12.1. The summed E-state index contributed by atoms with van der Waals surface area (Å²) in [7, 11) is 0. The van der Waals surface area contributed by atoms with Crippen LogP contribution in [0.25, 0.3) is 6.08 Å². The Labute approximate surface area is 123 Å². The van der Waals surface area contributed by atoms with Crippen LogP contribution in [0.1, 0.15) is 11.1 Å². The zero-order valence-corrected chi connectivity index (χ0v) is 11.5. The first-order valence-electron chi connectivity index (χ1n) is 6.38. The number of hydrogen-bond acceptors (Lipinski definition) is 3. The SMILES string of the molecule is Cc1ccccc1/C=C(/C#N)C(=O)Nc1ccc(O)cc1. The summed E-state index contributed by atoms with van der Waals surface area (Å²) in [6.45, 7) is 1.92. The highest BCUT2D eigenvalue weighted by Crippen LogP contribution is 2.16. The highest BCUT2D eigenvalue weighted by atomic mass is 16.3. The average Bonchev–Trinajstić information content (AvgIpc) is 2.48. The van der Waals surface area contributed by atoms with Gasteiger partial charge in [0.1, 0.15) is 17.4 Å². The zero-order chi connectivity index (χ0) is 15.2. The third-order valence-electron chi connectivity index (χ3n) is 2.98. The number of nitrogens with zero attached hydrogens (tertiary/aromatic N) is 1. The van der Waals surface area contributed by atoms with Gasteiger partial charge in [-0.2, -0.15) is 5.26 Å². The molecule has 21 heavy (non-hydrogen) atoms. The molecule has 0 aliphatic carbocycles. The Morgan fingerprint density at radius 1 is 1.19 bits per heavy atom. The van der Waals surface area contributed by atoms with Crippen LogP contribution in [0.5, 0.6) is 5.75 Å². The smallest absolute Gasteiger partial charge is 0.266 e. The molecule has 0 unspecified atom stereocenters. The lowest BCUT2D eigenvalue weighted by atomic mass is 10.1. The van der Waals surface area contributed by atoms with Crippen LogP contribution in [0.15, 0.2) is 54.1 Å². The van der Waals surface area contributed by atoms with E-state index in [4.69, 9.17) is 5.26 Å². The van der Waals surface area contributed by atoms with Gasteiger partial charge in [0.25, 0.3) is 5.91 Å². The second kappa shape index (κ2) is 6.40. The largest absolute Gasteiger partial charge is 0.508 e. The van der Waals surface area contributed by atoms with Crippen molar-refractivity contribution in [3.8, 4) is 11.8 Å². The number of carbonyl (C=O) groups is 1. The normalized spacial score (nSPS) is 10.8. The molecule has 2 aromatic carbocycles. The molecule has 2 aromatic rings. The van der Waals surface area contributed by atoms with Gasteiger partial charge in [0, 0.05) is 5.69 Å². The minimum atomic E-state index is -0.480. The minimum Gasteiger partial charge on any atom is -0.508 e. The monoisotopic (exact) mass is 278 g/mol. The van der Waals surface area contributed by atoms with E-state index in [0.29, 0.717) is 5.69 Å². The van der Waals surface area contributed by atoms with Crippen LogP contribution >= 0.6 is 0 Å². The quantitative estimate of drug-likeness (QED) is 0.514. The number of nitriles is 1. The molecule has 2 N–H and O–H groups in total. The Balaban J connectivity index is 2.22. The molecule has 0 aliphatic heterocycles. The number of amides is 1. The Morgan fingerprint density at radius 3 is 2.48 bits per heavy atom. The van der Waals surface area contributed by atoms with Gasteiger partial charge in [-0.15, -0.1) is 0 Å². The topological polar surface area (TPSA) is 73.1 Å². The van der Waals surface area contributed by atoms with E-state index in [1.165, 1.54) is 12.1 Å². The van der Waals surface area contributed by atoms with Crippen LogP contribution in [0, 0.1) is 18.3 Å². The third-order valence-corrected chi connectivity index (χ3v) is 2.98. The van der Waals surface area contributed by atoms with Crippen LogP contribution in [0.2, 0.25) is 0 Å². The summed E-state index contributed by atoms with van der Waals surface area (Å²) < 4.78 is 0. The van der Waals surface area contributed by atoms with Gasteiger partial charge in [-0.25, -0.2) is 0 Å². The summed E-state index contributed by atoms with van der Waals surface area (Å²) in [5.41, 5.74) is 2.36. The maximum Gasteiger partial charge on any atom is 0.266 e. The highest BCUT2D eigenvalue weighted by molar-refractivity contribution is 6.09. The van der Waals surface area contributed by atoms with Gasteiger partial charge >= 0.3 is 0 Å². The maximum atomic E-state index is 12.1. The number of nitrogens with one attached hydrogen (secondary N) is 1. The molecule has 0 fully saturated rings. The van der Waals surface area contributed by atoms with Gasteiger partial charge in [0.2, 0.25) is 0 Å². The molecule has 4 heteroatoms. The van der Waals surface area contributed by atoms with Gasteiger partial charge in [0.15, 0.2) is 0 Å². The van der Waals surface area contributed by atoms with Crippen LogP contribution < -0.4 is 5.32 Å². The van der Waals surface area contributed by atoms with Gasteiger partial charge in [-0.05, 0) is 48.4 Å². The first-order valence-corrected chi connectivity index (χ1v) is 6.38. The number of rotatable bonds is 3. The van der Waals surface area contributed by atoms with E-state index < -0.39 is 5.91 Å². The predicted octanol–water partition coefficient (Wildman–Crippen LogP) is 3.25. The number of phenols is 1. The molecule has 4 nitrogen and oxygen atoms in total. The molecule has 104 valence electrons. The summed E-state index contributed by atoms with van der Waals surface area (Å²) >= 11 is 0. The zero-order valence-electron chi connectivity index (χ0n) is 11.5. The lowest BCUT2D eigenvalue weighted by Crippen LogP contribution is -2.13. The van der Waals surface area contributed by atoms with Crippen LogP contribution in [0.3, 0.4) is 0 Å². The van der Waals surface area contributed by atoms with E-state index >= 15 is 0 Å². The Kier molecular flexibility index (Phi) is 4.37. The van der Waals surface area contributed by atoms with Crippen LogP contribution in [-0.4, -0.2) is 11.0 Å². The number of carbonyl (C=O) groups excluding carboxylic acids is 1. The lowest BCUT2D eigenvalue weighted by Gasteiger charge is -2.05. The van der Waals surface area contributed by atoms with Crippen molar-refractivity contribution in [2.75, 3.05) is 5.32 Å². The number of aromatic hydroxyl groups is 1. The first kappa shape index (κ1) is 14.4. The fraction of sp³-hybridized carbons (Fsp3) is 0.0588. The summed E-state index contributed by atoms with van der Waals surface area (Å²) in [4.78, 5) is 12.1. The molecular formula is C17H14N2O2. The molecule has 0 heterocycles. The molecule has 0 radical (unpaired) electrons. The number of phenolic OH excluding ortho intramolecular Hbond substituents is 1. The van der Waals surface area contributed by atoms with Gasteiger partial charge in [-0.3, -0.25) is 4.79 Å². The fourth-order valence-electron chi connectivity index (χ4n) is 1.80. The van der Waals surface area contributed by atoms with Crippen molar-refractivity contribution in [3.63, 3.8) is 0 Å². The molecule has 1 amide bonds.